The third kappa shape index (κ3) is 23.8. The summed E-state index contributed by atoms with van der Waals surface area (Å²) >= 11 is 0. The predicted octanol–water partition coefficient (Wildman–Crippen LogP) is 2.97. The lowest BCUT2D eigenvalue weighted by Gasteiger charge is -2.44. The monoisotopic (exact) mass is 1320 g/mol. The summed E-state index contributed by atoms with van der Waals surface area (Å²) in [7, 11) is 2.96. The lowest BCUT2D eigenvalue weighted by Crippen LogP contribution is -2.62. The Morgan fingerprint density at radius 1 is 0.447 bits per heavy atom. The molecule has 0 unspecified atom stereocenters. The number of carbonyl (C=O) groups is 10. The van der Waals surface area contributed by atoms with E-state index in [4.69, 9.17) is 75.8 Å². The van der Waals surface area contributed by atoms with Crippen LogP contribution in [0.3, 0.4) is 0 Å². The minimum atomic E-state index is -1.43. The van der Waals surface area contributed by atoms with Crippen LogP contribution in [0.5, 0.6) is 23.0 Å². The molecule has 10 atom stereocenters. The first-order valence-corrected chi connectivity index (χ1v) is 29.5. The number of methoxy groups -OCH3 is 2. The summed E-state index contributed by atoms with van der Waals surface area (Å²) in [6.45, 7) is 9.83. The average Bonchev–Trinajstić information content (AvgIpc) is 1.63. The van der Waals surface area contributed by atoms with Crippen molar-refractivity contribution < 1.29 is 124 Å². The Morgan fingerprint density at radius 2 is 0.787 bits per heavy atom. The normalized spacial score (nSPS) is 20.9. The van der Waals surface area contributed by atoms with Gasteiger partial charge in [0.05, 0.1) is 66.1 Å². The van der Waals surface area contributed by atoms with Gasteiger partial charge in [-0.25, -0.2) is 9.36 Å². The molecule has 0 aliphatic carbocycles. The van der Waals surface area contributed by atoms with Gasteiger partial charge in [0.15, 0.2) is 48.2 Å². The van der Waals surface area contributed by atoms with E-state index < -0.39 is 146 Å². The van der Waals surface area contributed by atoms with Gasteiger partial charge < -0.3 is 75.8 Å². The quantitative estimate of drug-likeness (QED) is 0.0276. The predicted molar refractivity (Wildman–Crippen MR) is 318 cm³/mol. The van der Waals surface area contributed by atoms with E-state index >= 15 is 0 Å². The number of allylic oxidation sites excluding steroid dienone is 2. The number of ketones is 2. The average molecular weight is 1320 g/mol. The number of hydrogen-bond donors (Lipinski definition) is 0. The SMILES string of the molecule is COc1ccc(/C=C/C(=O)C[C@@H]2O[C@H](COC(C)=O)[C@@H](OC(C)=O)[C@H](OC(C)=O)[C@H]2OC(C)=O)c(OCc2cn(CCOCCOCCn3cc(COc4cc(OC)ccc4/C=C/C(=O)C[C@@H]4O[C@H](COC(C)=O)[C@@H](OC(C)=O)[C@H](OC(C)=O)[C@H]4OC(C)=O)nn3)nn2)c1. The van der Waals surface area contributed by atoms with Crippen LogP contribution in [0, 0.1) is 0 Å². The van der Waals surface area contributed by atoms with Crippen molar-refractivity contribution in [2.24, 2.45) is 0 Å². The molecular formula is C62H76N6O26. The second kappa shape index (κ2) is 36.5. The largest absolute Gasteiger partial charge is 0.497 e. The summed E-state index contributed by atoms with van der Waals surface area (Å²) in [4.78, 5) is 124. The number of esters is 8. The van der Waals surface area contributed by atoms with Crippen LogP contribution in [0.4, 0.5) is 0 Å². The lowest BCUT2D eigenvalue weighted by molar-refractivity contribution is -0.252. The highest BCUT2D eigenvalue weighted by molar-refractivity contribution is 5.95. The van der Waals surface area contributed by atoms with Gasteiger partial charge in [-0.15, -0.1) is 10.2 Å². The third-order valence-corrected chi connectivity index (χ3v) is 13.5. The zero-order valence-electron chi connectivity index (χ0n) is 53.5. The van der Waals surface area contributed by atoms with Crippen molar-refractivity contribution in [3.63, 3.8) is 0 Å². The van der Waals surface area contributed by atoms with E-state index in [9.17, 15) is 47.9 Å². The molecule has 510 valence electrons. The second-order valence-electron chi connectivity index (χ2n) is 21.0. The van der Waals surface area contributed by atoms with Crippen molar-refractivity contribution in [2.75, 3.05) is 53.9 Å². The van der Waals surface area contributed by atoms with Crippen LogP contribution in [0.2, 0.25) is 0 Å². The highest BCUT2D eigenvalue weighted by Gasteiger charge is 2.54. The summed E-state index contributed by atoms with van der Waals surface area (Å²) in [5, 5.41) is 16.7. The van der Waals surface area contributed by atoms with E-state index in [0.717, 1.165) is 55.4 Å². The van der Waals surface area contributed by atoms with E-state index in [2.05, 4.69) is 20.6 Å². The van der Waals surface area contributed by atoms with E-state index in [1.807, 2.05) is 0 Å². The highest BCUT2D eigenvalue weighted by Crippen LogP contribution is 2.34. The van der Waals surface area contributed by atoms with Gasteiger partial charge in [-0.1, -0.05) is 10.4 Å². The molecular weight excluding hydrogens is 1240 g/mol. The smallest absolute Gasteiger partial charge is 0.303 e. The van der Waals surface area contributed by atoms with E-state index in [1.165, 1.54) is 38.5 Å². The molecule has 0 amide bonds. The topological polar surface area (TPSA) is 380 Å². The summed E-state index contributed by atoms with van der Waals surface area (Å²) in [5.74, 6) is -5.60. The molecule has 0 N–H and O–H groups in total. The van der Waals surface area contributed by atoms with Crippen molar-refractivity contribution in [1.82, 2.24) is 30.0 Å². The number of aromatic nitrogens is 6. The third-order valence-electron chi connectivity index (χ3n) is 13.5. The molecule has 6 rings (SSSR count). The maximum absolute atomic E-state index is 13.6. The fourth-order valence-corrected chi connectivity index (χ4v) is 9.64. The van der Waals surface area contributed by atoms with Crippen LogP contribution < -0.4 is 18.9 Å². The zero-order valence-corrected chi connectivity index (χ0v) is 53.5. The molecule has 2 aliphatic heterocycles. The number of carbonyl (C=O) groups excluding carboxylic acids is 10. The van der Waals surface area contributed by atoms with Gasteiger partial charge in [0.25, 0.3) is 0 Å². The van der Waals surface area contributed by atoms with Crippen LogP contribution in [-0.2, 0) is 131 Å². The van der Waals surface area contributed by atoms with Crippen LogP contribution >= 0.6 is 0 Å². The minimum Gasteiger partial charge on any atom is -0.497 e. The van der Waals surface area contributed by atoms with Crippen molar-refractivity contribution in [3.8, 4) is 23.0 Å². The Bertz CT molecular complexity index is 3130. The van der Waals surface area contributed by atoms with Gasteiger partial charge in [-0.3, -0.25) is 47.9 Å². The summed E-state index contributed by atoms with van der Waals surface area (Å²) in [6.07, 6.45) is -5.27. The molecule has 2 aromatic heterocycles. The molecule has 32 heteroatoms. The van der Waals surface area contributed by atoms with Gasteiger partial charge in [-0.2, -0.15) is 0 Å². The van der Waals surface area contributed by atoms with Crippen LogP contribution in [-0.4, -0.2) is 204 Å². The fraction of sp³-hybridized carbons (Fsp3) is 0.516. The number of hydrogen-bond acceptors (Lipinski definition) is 30. The fourth-order valence-electron chi connectivity index (χ4n) is 9.64. The van der Waals surface area contributed by atoms with Gasteiger partial charge in [0, 0.05) is 91.5 Å². The van der Waals surface area contributed by atoms with Crippen molar-refractivity contribution in [2.45, 2.75) is 156 Å². The first-order chi connectivity index (χ1) is 44.9. The van der Waals surface area contributed by atoms with Crippen LogP contribution in [0.1, 0.15) is 90.7 Å². The highest BCUT2D eigenvalue weighted by atomic mass is 16.7. The first-order valence-electron chi connectivity index (χ1n) is 29.5. The maximum atomic E-state index is 13.6. The van der Waals surface area contributed by atoms with Gasteiger partial charge in [0.1, 0.15) is 85.2 Å². The molecule has 0 saturated carbocycles. The Hall–Kier alpha value is -9.66. The summed E-state index contributed by atoms with van der Waals surface area (Å²) < 4.78 is 92.9. The minimum absolute atomic E-state index is 0.0222. The van der Waals surface area contributed by atoms with Gasteiger partial charge >= 0.3 is 47.8 Å². The molecule has 0 bridgehead atoms. The first kappa shape index (κ1) is 73.4. The van der Waals surface area contributed by atoms with Gasteiger partial charge in [0.2, 0.25) is 0 Å². The Morgan fingerprint density at radius 3 is 1.12 bits per heavy atom. The Labute approximate surface area is 539 Å². The van der Waals surface area contributed by atoms with Crippen molar-refractivity contribution >= 4 is 71.5 Å². The molecule has 2 saturated heterocycles. The van der Waals surface area contributed by atoms with Gasteiger partial charge in [-0.05, 0) is 48.6 Å². The van der Waals surface area contributed by atoms with Crippen LogP contribution in [0.15, 0.2) is 60.9 Å². The zero-order chi connectivity index (χ0) is 68.4. The molecule has 32 nitrogen and oxygen atoms in total. The maximum Gasteiger partial charge on any atom is 0.303 e. The molecule has 2 aromatic carbocycles. The summed E-state index contributed by atoms with van der Waals surface area (Å²) in [6, 6.07) is 9.89. The number of benzene rings is 2. The Balaban J connectivity index is 0.949. The standard InChI is InChI=1S/C62H76N6O26/c1-35(69)83-33-55-59(89-39(5)73)61(91-41(7)75)57(87-37(3)71)53(93-55)25-47(77)15-11-43-13-17-49(79-9)27-51(43)85-31-45-29-67(65-63-45)19-21-81-23-24-82-22-20-68-30-46(64-66-68)32-86-52-28-50(80-10)18-14-44(52)12-16-48(78)26-54-58(88-38(4)72)62(92-42(8)76)60(90-40(6)74)56(94-54)34-84-36(2)70/h11-18,27-30,53-62H,19-26,31-34H2,1-10H3/b15-11+,16-12+/t53-,54-,55+,56+,57-,58-,59+,60+,61+,62+/m0/s1. The molecule has 4 aromatic rings. The molecule has 2 aliphatic rings. The Kier molecular flexibility index (Phi) is 28.5. The second-order valence-corrected chi connectivity index (χ2v) is 21.0. The summed E-state index contributed by atoms with van der Waals surface area (Å²) in [5.41, 5.74) is 1.89. The van der Waals surface area contributed by atoms with E-state index in [1.54, 1.807) is 58.2 Å². The lowest BCUT2D eigenvalue weighted by atomic mass is 9.91. The van der Waals surface area contributed by atoms with E-state index in [0.29, 0.717) is 58.6 Å². The van der Waals surface area contributed by atoms with Crippen molar-refractivity contribution in [1.29, 1.82) is 0 Å². The molecule has 0 spiro atoms. The molecule has 94 heavy (non-hydrogen) atoms. The molecule has 4 heterocycles. The number of nitrogens with zero attached hydrogens (tertiary/aromatic N) is 6. The number of ether oxygens (including phenoxy) is 16. The number of rotatable bonds is 35. The molecule has 2 fully saturated rings. The molecule has 0 radical (unpaired) electrons. The van der Waals surface area contributed by atoms with Crippen LogP contribution in [0.25, 0.3) is 12.2 Å². The van der Waals surface area contributed by atoms with Crippen molar-refractivity contribution in [3.05, 3.63) is 83.5 Å². The van der Waals surface area contributed by atoms with E-state index in [-0.39, 0.29) is 39.6 Å².